The van der Waals surface area contributed by atoms with Crippen LogP contribution in [0.2, 0.25) is 0 Å². The number of rotatable bonds is 3. The number of hydrogen-bond acceptors (Lipinski definition) is 4. The van der Waals surface area contributed by atoms with Crippen LogP contribution in [0.1, 0.15) is 37.6 Å². The van der Waals surface area contributed by atoms with Gasteiger partial charge in [-0.15, -0.1) is 11.3 Å². The predicted octanol–water partition coefficient (Wildman–Crippen LogP) is 1.92. The number of fused-ring (bicyclic) bond motifs is 1. The molecule has 0 atom stereocenters. The van der Waals surface area contributed by atoms with Crippen molar-refractivity contribution in [3.8, 4) is 0 Å². The quantitative estimate of drug-likeness (QED) is 0.905. The zero-order valence-corrected chi connectivity index (χ0v) is 11.7. The van der Waals surface area contributed by atoms with Crippen LogP contribution in [0.25, 0.3) is 0 Å². The molecule has 0 spiro atoms. The van der Waals surface area contributed by atoms with E-state index in [0.717, 1.165) is 29.7 Å². The topological polar surface area (TPSA) is 84.2 Å². The van der Waals surface area contributed by atoms with Gasteiger partial charge in [0.2, 0.25) is 0 Å². The fraction of sp³-hybridized carbons (Fsp3) is 0.308. The number of nitrogens with one attached hydrogen (secondary N) is 1. The molecule has 1 aliphatic carbocycles. The number of aromatic carboxylic acids is 1. The number of aryl methyl sites for hydroxylation is 2. The third kappa shape index (κ3) is 2.09. The fourth-order valence-corrected chi connectivity index (χ4v) is 3.71. The molecular weight excluding hydrogens is 278 g/mol. The lowest BCUT2D eigenvalue weighted by molar-refractivity contribution is 0.0697. The first-order valence-corrected chi connectivity index (χ1v) is 7.05. The number of hydrogen-bond donors (Lipinski definition) is 2. The molecule has 2 N–H and O–H groups in total. The number of carboxylic acids is 1. The second-order valence-electron chi connectivity index (χ2n) is 4.72. The summed E-state index contributed by atoms with van der Waals surface area (Å²) in [6, 6.07) is 0. The summed E-state index contributed by atoms with van der Waals surface area (Å²) in [6.45, 7) is 0. The highest BCUT2D eigenvalue weighted by atomic mass is 32.1. The summed E-state index contributed by atoms with van der Waals surface area (Å²) in [5.74, 6) is -1.31. The maximum Gasteiger partial charge on any atom is 0.339 e. The van der Waals surface area contributed by atoms with Crippen molar-refractivity contribution >= 4 is 28.2 Å². The van der Waals surface area contributed by atoms with Crippen LogP contribution in [-0.4, -0.2) is 26.8 Å². The monoisotopic (exact) mass is 291 g/mol. The summed E-state index contributed by atoms with van der Waals surface area (Å²) in [4.78, 5) is 24.6. The number of anilines is 1. The van der Waals surface area contributed by atoms with Gasteiger partial charge in [-0.1, -0.05) is 0 Å². The van der Waals surface area contributed by atoms with Crippen molar-refractivity contribution in [2.75, 3.05) is 5.32 Å². The van der Waals surface area contributed by atoms with Crippen LogP contribution in [0.15, 0.2) is 12.4 Å². The number of carbonyl (C=O) groups is 2. The molecule has 0 aliphatic heterocycles. The minimum Gasteiger partial charge on any atom is -0.478 e. The van der Waals surface area contributed by atoms with Gasteiger partial charge in [0.25, 0.3) is 5.91 Å². The second kappa shape index (κ2) is 4.75. The van der Waals surface area contributed by atoms with Crippen LogP contribution >= 0.6 is 11.3 Å². The lowest BCUT2D eigenvalue weighted by Gasteiger charge is -2.03. The van der Waals surface area contributed by atoms with Crippen molar-refractivity contribution in [1.82, 2.24) is 9.78 Å². The van der Waals surface area contributed by atoms with Gasteiger partial charge in [-0.3, -0.25) is 9.48 Å². The van der Waals surface area contributed by atoms with Gasteiger partial charge in [-0.2, -0.15) is 5.10 Å². The highest BCUT2D eigenvalue weighted by molar-refractivity contribution is 7.17. The van der Waals surface area contributed by atoms with E-state index in [4.69, 9.17) is 0 Å². The Balaban J connectivity index is 1.91. The summed E-state index contributed by atoms with van der Waals surface area (Å²) in [6.07, 6.45) is 5.70. The minimum absolute atomic E-state index is 0.250. The molecule has 0 bridgehead atoms. The Hall–Kier alpha value is -2.15. The number of carboxylic acid groups (broad SMARTS) is 1. The van der Waals surface area contributed by atoms with Crippen molar-refractivity contribution in [1.29, 1.82) is 0 Å². The lowest BCUT2D eigenvalue weighted by Crippen LogP contribution is -2.13. The average molecular weight is 291 g/mol. The highest BCUT2D eigenvalue weighted by Crippen LogP contribution is 2.39. The Morgan fingerprint density at radius 2 is 2.25 bits per heavy atom. The number of carbonyl (C=O) groups excluding carboxylic acids is 1. The molecular formula is C13H13N3O3S. The zero-order valence-electron chi connectivity index (χ0n) is 10.8. The SMILES string of the molecule is Cn1cc(C(=O)Nc2sc3c(c2C(=O)O)CCC3)cn1. The molecule has 104 valence electrons. The van der Waals surface area contributed by atoms with E-state index in [1.807, 2.05) is 0 Å². The Bertz CT molecular complexity index is 702. The third-order valence-electron chi connectivity index (χ3n) is 3.33. The molecule has 0 saturated carbocycles. The van der Waals surface area contributed by atoms with E-state index in [9.17, 15) is 14.7 Å². The summed E-state index contributed by atoms with van der Waals surface area (Å²) in [5, 5.41) is 16.4. The Kier molecular flexibility index (Phi) is 3.06. The van der Waals surface area contributed by atoms with Crippen LogP contribution in [0.4, 0.5) is 5.00 Å². The van der Waals surface area contributed by atoms with Crippen LogP contribution < -0.4 is 5.32 Å². The van der Waals surface area contributed by atoms with E-state index < -0.39 is 5.97 Å². The molecule has 7 heteroatoms. The molecule has 2 heterocycles. The standard InChI is InChI=1S/C13H13N3O3S/c1-16-6-7(5-14-16)11(17)15-12-10(13(18)19)8-3-2-4-9(8)20-12/h5-6H,2-4H2,1H3,(H,15,17)(H,18,19). The summed E-state index contributed by atoms with van der Waals surface area (Å²) < 4.78 is 1.53. The molecule has 0 aromatic carbocycles. The normalized spacial score (nSPS) is 13.2. The van der Waals surface area contributed by atoms with E-state index in [-0.39, 0.29) is 11.5 Å². The summed E-state index contributed by atoms with van der Waals surface area (Å²) in [5.41, 5.74) is 1.54. The number of amides is 1. The van der Waals surface area contributed by atoms with Crippen molar-refractivity contribution in [3.63, 3.8) is 0 Å². The number of nitrogens with zero attached hydrogens (tertiary/aromatic N) is 2. The van der Waals surface area contributed by atoms with Gasteiger partial charge < -0.3 is 10.4 Å². The first-order valence-electron chi connectivity index (χ1n) is 6.24. The first kappa shape index (κ1) is 12.9. The molecule has 3 rings (SSSR count). The van der Waals surface area contributed by atoms with Crippen molar-refractivity contribution in [3.05, 3.63) is 34.0 Å². The first-order chi connectivity index (χ1) is 9.56. The zero-order chi connectivity index (χ0) is 14.3. The highest BCUT2D eigenvalue weighted by Gasteiger charge is 2.27. The Labute approximate surface area is 119 Å². The van der Waals surface area contributed by atoms with Gasteiger partial charge in [0.15, 0.2) is 0 Å². The molecule has 0 fully saturated rings. The molecule has 1 aliphatic rings. The molecule has 2 aromatic heterocycles. The molecule has 20 heavy (non-hydrogen) atoms. The Morgan fingerprint density at radius 1 is 1.45 bits per heavy atom. The lowest BCUT2D eigenvalue weighted by atomic mass is 10.1. The van der Waals surface area contributed by atoms with Crippen LogP contribution in [0.3, 0.4) is 0 Å². The molecule has 0 radical (unpaired) electrons. The largest absolute Gasteiger partial charge is 0.478 e. The predicted molar refractivity (Wildman–Crippen MR) is 74.5 cm³/mol. The van der Waals surface area contributed by atoms with Crippen molar-refractivity contribution < 1.29 is 14.7 Å². The van der Waals surface area contributed by atoms with Crippen LogP contribution in [0, 0.1) is 0 Å². The molecule has 0 unspecified atom stereocenters. The van der Waals surface area contributed by atoms with E-state index >= 15 is 0 Å². The maximum atomic E-state index is 12.1. The smallest absolute Gasteiger partial charge is 0.339 e. The van der Waals surface area contributed by atoms with E-state index in [0.29, 0.717) is 10.6 Å². The van der Waals surface area contributed by atoms with Gasteiger partial charge in [-0.05, 0) is 24.8 Å². The van der Waals surface area contributed by atoms with Gasteiger partial charge in [0, 0.05) is 18.1 Å². The van der Waals surface area contributed by atoms with E-state index in [1.54, 1.807) is 13.2 Å². The molecule has 0 saturated heterocycles. The number of thiophene rings is 1. The fourth-order valence-electron chi connectivity index (χ4n) is 2.43. The Morgan fingerprint density at radius 3 is 2.90 bits per heavy atom. The van der Waals surface area contributed by atoms with Gasteiger partial charge in [0.1, 0.15) is 5.00 Å². The number of aromatic nitrogens is 2. The van der Waals surface area contributed by atoms with Gasteiger partial charge in [-0.25, -0.2) is 4.79 Å². The maximum absolute atomic E-state index is 12.1. The second-order valence-corrected chi connectivity index (χ2v) is 5.83. The summed E-state index contributed by atoms with van der Waals surface area (Å²) >= 11 is 1.37. The molecule has 6 nitrogen and oxygen atoms in total. The average Bonchev–Trinajstić information content (AvgIpc) is 3.03. The van der Waals surface area contributed by atoms with Crippen LogP contribution in [0.5, 0.6) is 0 Å². The van der Waals surface area contributed by atoms with Gasteiger partial charge >= 0.3 is 5.97 Å². The summed E-state index contributed by atoms with van der Waals surface area (Å²) in [7, 11) is 1.72. The van der Waals surface area contributed by atoms with E-state index in [2.05, 4.69) is 10.4 Å². The van der Waals surface area contributed by atoms with Crippen molar-refractivity contribution in [2.24, 2.45) is 7.05 Å². The van der Waals surface area contributed by atoms with E-state index in [1.165, 1.54) is 22.2 Å². The molecule has 1 amide bonds. The van der Waals surface area contributed by atoms with Crippen molar-refractivity contribution in [2.45, 2.75) is 19.3 Å². The van der Waals surface area contributed by atoms with Crippen LogP contribution in [-0.2, 0) is 19.9 Å². The third-order valence-corrected chi connectivity index (χ3v) is 4.54. The minimum atomic E-state index is -0.981. The van der Waals surface area contributed by atoms with Gasteiger partial charge in [0.05, 0.1) is 17.3 Å². The molecule has 2 aromatic rings.